The van der Waals surface area contributed by atoms with Gasteiger partial charge in [-0.2, -0.15) is 0 Å². The maximum Gasteiger partial charge on any atom is 0.344 e. The van der Waals surface area contributed by atoms with Crippen LogP contribution >= 0.6 is 27.7 Å². The fourth-order valence-electron chi connectivity index (χ4n) is 3.70. The molecule has 8 heteroatoms. The number of esters is 1. The van der Waals surface area contributed by atoms with Crippen LogP contribution in [0.3, 0.4) is 0 Å². The predicted octanol–water partition coefficient (Wildman–Crippen LogP) is 5.20. The molecule has 2 heterocycles. The van der Waals surface area contributed by atoms with Crippen molar-refractivity contribution in [2.24, 2.45) is 0 Å². The van der Waals surface area contributed by atoms with E-state index in [0.717, 1.165) is 51.2 Å². The minimum atomic E-state index is -0.547. The molecule has 1 aromatic carbocycles. The van der Waals surface area contributed by atoms with E-state index in [0.29, 0.717) is 19.0 Å². The maximum absolute atomic E-state index is 13.3. The zero-order chi connectivity index (χ0) is 22.1. The van der Waals surface area contributed by atoms with Gasteiger partial charge in [-0.3, -0.25) is 4.79 Å². The number of hydrogen-bond acceptors (Lipinski definition) is 6. The molecule has 0 radical (unpaired) electrons. The van der Waals surface area contributed by atoms with Gasteiger partial charge >= 0.3 is 5.97 Å². The number of benzene rings is 1. The second-order valence-corrected chi connectivity index (χ2v) is 9.93. The minimum absolute atomic E-state index is 0.126. The Kier molecular flexibility index (Phi) is 6.79. The topological polar surface area (TPSA) is 66.8 Å². The highest BCUT2D eigenvalue weighted by Gasteiger charge is 2.34. The van der Waals surface area contributed by atoms with E-state index >= 15 is 0 Å². The summed E-state index contributed by atoms with van der Waals surface area (Å²) in [6.07, 6.45) is 2.43. The summed E-state index contributed by atoms with van der Waals surface area (Å²) in [4.78, 5) is 27.0. The first-order valence-electron chi connectivity index (χ1n) is 10.5. The number of halogens is 1. The van der Waals surface area contributed by atoms with E-state index in [2.05, 4.69) is 15.9 Å². The van der Waals surface area contributed by atoms with Gasteiger partial charge in [-0.05, 0) is 66.4 Å². The monoisotopic (exact) mass is 507 g/mol. The van der Waals surface area contributed by atoms with Crippen LogP contribution in [0, 0.1) is 0 Å². The van der Waals surface area contributed by atoms with Crippen molar-refractivity contribution in [2.75, 3.05) is 20.3 Å². The number of nitrogens with zero attached hydrogens (tertiary/aromatic N) is 1. The fourth-order valence-corrected chi connectivity index (χ4v) is 5.19. The minimum Gasteiger partial charge on any atom is -0.492 e. The van der Waals surface area contributed by atoms with Crippen molar-refractivity contribution >= 4 is 33.7 Å². The summed E-state index contributed by atoms with van der Waals surface area (Å²) in [5, 5.41) is 0. The normalized spacial score (nSPS) is 14.9. The van der Waals surface area contributed by atoms with Gasteiger partial charge in [0.2, 0.25) is 0 Å². The molecule has 0 bridgehead atoms. The largest absolute Gasteiger partial charge is 0.492 e. The molecule has 0 saturated heterocycles. The second kappa shape index (κ2) is 9.38. The summed E-state index contributed by atoms with van der Waals surface area (Å²) in [7, 11) is 1.68. The Bertz CT molecular complexity index is 1060. The number of pyridine rings is 1. The summed E-state index contributed by atoms with van der Waals surface area (Å²) >= 11 is 5.32. The van der Waals surface area contributed by atoms with Crippen molar-refractivity contribution < 1.29 is 19.0 Å². The highest BCUT2D eigenvalue weighted by Crippen LogP contribution is 2.48. The zero-order valence-corrected chi connectivity index (χ0v) is 20.3. The summed E-state index contributed by atoms with van der Waals surface area (Å²) in [5.41, 5.74) is 2.76. The van der Waals surface area contributed by atoms with Crippen molar-refractivity contribution in [3.63, 3.8) is 0 Å². The number of aromatic nitrogens is 1. The Hall–Kier alpha value is -1.77. The number of thioether (sulfide) groups is 1. The van der Waals surface area contributed by atoms with Crippen molar-refractivity contribution in [3.8, 4) is 17.0 Å². The molecular weight excluding hydrogens is 482 g/mol. The molecule has 4 rings (SSSR count). The molecule has 1 fully saturated rings. The van der Waals surface area contributed by atoms with Gasteiger partial charge in [-0.1, -0.05) is 0 Å². The van der Waals surface area contributed by atoms with Crippen molar-refractivity contribution in [1.29, 1.82) is 0 Å². The number of methoxy groups -OCH3 is 1. The summed E-state index contributed by atoms with van der Waals surface area (Å²) in [5.74, 6) is 0.916. The predicted molar refractivity (Wildman–Crippen MR) is 124 cm³/mol. The van der Waals surface area contributed by atoms with Gasteiger partial charge in [-0.15, -0.1) is 11.8 Å². The maximum atomic E-state index is 13.3. The van der Waals surface area contributed by atoms with Gasteiger partial charge in [0.15, 0.2) is 0 Å². The van der Waals surface area contributed by atoms with Crippen LogP contribution < -0.4 is 10.3 Å². The number of rotatable bonds is 8. The number of fused-ring (bicyclic) bond motifs is 3. The zero-order valence-electron chi connectivity index (χ0n) is 17.9. The van der Waals surface area contributed by atoms with Gasteiger partial charge in [-0.25, -0.2) is 4.79 Å². The third-order valence-corrected chi connectivity index (χ3v) is 6.93. The lowest BCUT2D eigenvalue weighted by Crippen LogP contribution is -2.30. The third kappa shape index (κ3) is 4.71. The number of carbonyl (C=O) groups excluding carboxylic acids is 1. The van der Waals surface area contributed by atoms with Crippen LogP contribution in [-0.4, -0.2) is 37.0 Å². The molecule has 6 nitrogen and oxygen atoms in total. The Morgan fingerprint density at radius 1 is 1.26 bits per heavy atom. The standard InChI is InChI=1S/C23H26BrNO5S/c1-13(2)30-23(27)17-9-14-12-31-20-11-19(29-8-4-7-28-3)18(24)10-16(20)21(14)25(22(17)26)15-5-6-15/h9-11,13,15H,4-8,12H2,1-3H3. The Morgan fingerprint density at radius 3 is 2.71 bits per heavy atom. The quantitative estimate of drug-likeness (QED) is 0.361. The summed E-state index contributed by atoms with van der Waals surface area (Å²) in [6.45, 7) is 4.79. The average Bonchev–Trinajstić information content (AvgIpc) is 3.55. The van der Waals surface area contributed by atoms with Gasteiger partial charge in [0.25, 0.3) is 5.56 Å². The molecule has 0 spiro atoms. The van der Waals surface area contributed by atoms with Crippen molar-refractivity contribution in [1.82, 2.24) is 4.57 Å². The second-order valence-electron chi connectivity index (χ2n) is 8.05. The molecule has 166 valence electrons. The van der Waals surface area contributed by atoms with E-state index in [-0.39, 0.29) is 23.3 Å². The van der Waals surface area contributed by atoms with Crippen LogP contribution in [0.25, 0.3) is 11.3 Å². The van der Waals surface area contributed by atoms with E-state index in [1.54, 1.807) is 38.8 Å². The SMILES string of the molecule is COCCCOc1cc2c(cc1Br)-c1c(cc(C(=O)OC(C)C)c(=O)n1C1CC1)CS2. The lowest BCUT2D eigenvalue weighted by Gasteiger charge is -2.25. The van der Waals surface area contributed by atoms with Crippen LogP contribution in [0.4, 0.5) is 0 Å². The number of carbonyl (C=O) groups is 1. The third-order valence-electron chi connectivity index (χ3n) is 5.21. The highest BCUT2D eigenvalue weighted by atomic mass is 79.9. The average molecular weight is 508 g/mol. The highest BCUT2D eigenvalue weighted by molar-refractivity contribution is 9.10. The molecule has 1 aliphatic carbocycles. The van der Waals surface area contributed by atoms with E-state index < -0.39 is 5.97 Å². The van der Waals surface area contributed by atoms with Crippen molar-refractivity contribution in [2.45, 2.75) is 55.9 Å². The molecule has 2 aliphatic rings. The Balaban J connectivity index is 1.76. The Morgan fingerprint density at radius 2 is 2.03 bits per heavy atom. The van der Waals surface area contributed by atoms with Gasteiger partial charge in [0.05, 0.1) is 22.9 Å². The van der Waals surface area contributed by atoms with Gasteiger partial charge < -0.3 is 18.8 Å². The Labute approximate surface area is 194 Å². The lowest BCUT2D eigenvalue weighted by molar-refractivity contribution is 0.0375. The van der Waals surface area contributed by atoms with Crippen LogP contribution in [-0.2, 0) is 15.2 Å². The first-order valence-corrected chi connectivity index (χ1v) is 12.3. The smallest absolute Gasteiger partial charge is 0.344 e. The van der Waals surface area contributed by atoms with Crippen LogP contribution in [0.1, 0.15) is 55.1 Å². The molecule has 0 unspecified atom stereocenters. The van der Waals surface area contributed by atoms with Gasteiger partial charge in [0.1, 0.15) is 11.3 Å². The molecule has 0 atom stereocenters. The van der Waals surface area contributed by atoms with Crippen molar-refractivity contribution in [3.05, 3.63) is 44.2 Å². The molecule has 1 aliphatic heterocycles. The van der Waals surface area contributed by atoms with E-state index in [1.165, 1.54) is 0 Å². The molecule has 1 aromatic heterocycles. The molecular formula is C23H26BrNO5S. The number of ether oxygens (including phenoxy) is 3. The summed E-state index contributed by atoms with van der Waals surface area (Å²) in [6, 6.07) is 5.91. The molecule has 2 aromatic rings. The molecule has 0 N–H and O–H groups in total. The first kappa shape index (κ1) is 22.4. The van der Waals surface area contributed by atoms with Crippen LogP contribution in [0.15, 0.2) is 32.4 Å². The fraction of sp³-hybridized carbons (Fsp3) is 0.478. The molecule has 0 amide bonds. The lowest BCUT2D eigenvalue weighted by atomic mass is 10.0. The molecule has 31 heavy (non-hydrogen) atoms. The van der Waals surface area contributed by atoms with Crippen LogP contribution in [0.5, 0.6) is 5.75 Å². The van der Waals surface area contributed by atoms with E-state index in [1.807, 2.05) is 16.7 Å². The van der Waals surface area contributed by atoms with Crippen LogP contribution in [0.2, 0.25) is 0 Å². The van der Waals surface area contributed by atoms with E-state index in [4.69, 9.17) is 14.2 Å². The first-order chi connectivity index (χ1) is 14.9. The van der Waals surface area contributed by atoms with Gasteiger partial charge in [0, 0.05) is 42.4 Å². The van der Waals surface area contributed by atoms with E-state index in [9.17, 15) is 9.59 Å². The summed E-state index contributed by atoms with van der Waals surface area (Å²) < 4.78 is 19.0. The molecule has 1 saturated carbocycles. The number of hydrogen-bond donors (Lipinski definition) is 0.